The third-order valence-corrected chi connectivity index (χ3v) is 3.55. The van der Waals surface area contributed by atoms with Crippen molar-refractivity contribution in [3.63, 3.8) is 0 Å². The van der Waals surface area contributed by atoms with Gasteiger partial charge in [0.05, 0.1) is 11.7 Å². The summed E-state index contributed by atoms with van der Waals surface area (Å²) >= 11 is 3.25. The molecule has 21 heavy (non-hydrogen) atoms. The molecule has 0 spiro atoms. The summed E-state index contributed by atoms with van der Waals surface area (Å²) in [4.78, 5) is 0. The van der Waals surface area contributed by atoms with Crippen LogP contribution in [-0.4, -0.2) is 5.11 Å². The van der Waals surface area contributed by atoms with Crippen LogP contribution in [0, 0.1) is 5.82 Å². The Morgan fingerprint density at radius 2 is 1.67 bits per heavy atom. The van der Waals surface area contributed by atoms with Crippen LogP contribution in [0.2, 0.25) is 0 Å². The number of aliphatic hydroxyl groups is 1. The Morgan fingerprint density at radius 3 is 2.24 bits per heavy atom. The fraction of sp³-hybridized carbons (Fsp3) is 0.200. The third kappa shape index (κ3) is 4.04. The molecule has 1 atom stereocenters. The normalized spacial score (nSPS) is 13.2. The van der Waals surface area contributed by atoms with E-state index in [2.05, 4.69) is 15.9 Å². The molecule has 0 saturated carbocycles. The molecule has 112 valence electrons. The molecule has 0 aromatic heterocycles. The smallest absolute Gasteiger partial charge is 0.388 e. The molecular weight excluding hydrogens is 352 g/mol. The van der Waals surface area contributed by atoms with Crippen LogP contribution in [0.4, 0.5) is 17.6 Å². The highest BCUT2D eigenvalue weighted by atomic mass is 79.9. The lowest BCUT2D eigenvalue weighted by Crippen LogP contribution is -2.10. The molecule has 0 aliphatic rings. The maximum atomic E-state index is 13.6. The van der Waals surface area contributed by atoms with E-state index in [0.717, 1.165) is 10.5 Å². The van der Waals surface area contributed by atoms with Crippen LogP contribution in [0.3, 0.4) is 0 Å². The van der Waals surface area contributed by atoms with Gasteiger partial charge in [0.15, 0.2) is 0 Å². The van der Waals surface area contributed by atoms with Gasteiger partial charge in [0, 0.05) is 16.5 Å². The molecule has 2 aromatic carbocycles. The van der Waals surface area contributed by atoms with Crippen molar-refractivity contribution in [3.8, 4) is 0 Å². The predicted molar refractivity (Wildman–Crippen MR) is 74.2 cm³/mol. The van der Waals surface area contributed by atoms with Gasteiger partial charge >= 0.3 is 6.18 Å². The molecule has 2 aromatic rings. The predicted octanol–water partition coefficient (Wildman–Crippen LogP) is 4.88. The molecule has 6 heteroatoms. The number of rotatable bonds is 3. The highest BCUT2D eigenvalue weighted by Gasteiger charge is 2.31. The molecule has 0 aliphatic heterocycles. The van der Waals surface area contributed by atoms with Crippen molar-refractivity contribution in [2.75, 3.05) is 0 Å². The minimum Gasteiger partial charge on any atom is -0.388 e. The fourth-order valence-corrected chi connectivity index (χ4v) is 2.19. The second kappa shape index (κ2) is 6.15. The first-order valence-electron chi connectivity index (χ1n) is 6.06. The van der Waals surface area contributed by atoms with Crippen LogP contribution in [-0.2, 0) is 12.6 Å². The van der Waals surface area contributed by atoms with Gasteiger partial charge in [0.1, 0.15) is 5.82 Å². The molecule has 0 aliphatic carbocycles. The second-order valence-electron chi connectivity index (χ2n) is 4.58. The first kappa shape index (κ1) is 16.0. The zero-order valence-corrected chi connectivity index (χ0v) is 12.2. The van der Waals surface area contributed by atoms with Crippen molar-refractivity contribution in [1.29, 1.82) is 0 Å². The first-order chi connectivity index (χ1) is 9.77. The Morgan fingerprint density at radius 1 is 1.05 bits per heavy atom. The summed E-state index contributed by atoms with van der Waals surface area (Å²) in [6.07, 6.45) is -5.88. The SMILES string of the molecule is OC(Cc1ccc(Br)cc1)c1cc(C(F)(F)F)ccc1F. The van der Waals surface area contributed by atoms with Crippen LogP contribution in [0.5, 0.6) is 0 Å². The zero-order valence-electron chi connectivity index (χ0n) is 10.7. The Kier molecular flexibility index (Phi) is 4.68. The molecule has 0 radical (unpaired) electrons. The van der Waals surface area contributed by atoms with Gasteiger partial charge in [-0.15, -0.1) is 0 Å². The van der Waals surface area contributed by atoms with E-state index < -0.39 is 23.7 Å². The highest BCUT2D eigenvalue weighted by molar-refractivity contribution is 9.10. The first-order valence-corrected chi connectivity index (χ1v) is 6.86. The molecule has 1 nitrogen and oxygen atoms in total. The van der Waals surface area contributed by atoms with E-state index in [-0.39, 0.29) is 12.0 Å². The van der Waals surface area contributed by atoms with Crippen LogP contribution in [0.25, 0.3) is 0 Å². The Bertz CT molecular complexity index is 623. The topological polar surface area (TPSA) is 20.2 Å². The maximum Gasteiger partial charge on any atom is 0.416 e. The molecule has 1 N–H and O–H groups in total. The van der Waals surface area contributed by atoms with Crippen molar-refractivity contribution in [2.45, 2.75) is 18.7 Å². The van der Waals surface area contributed by atoms with Gasteiger partial charge < -0.3 is 5.11 Å². The van der Waals surface area contributed by atoms with Gasteiger partial charge in [-0.1, -0.05) is 28.1 Å². The molecular formula is C15H11BrF4O. The lowest BCUT2D eigenvalue weighted by Gasteiger charge is -2.15. The van der Waals surface area contributed by atoms with E-state index in [0.29, 0.717) is 17.7 Å². The molecule has 1 unspecified atom stereocenters. The summed E-state index contributed by atoms with van der Waals surface area (Å²) in [5.74, 6) is -0.854. The second-order valence-corrected chi connectivity index (χ2v) is 5.50. The highest BCUT2D eigenvalue weighted by Crippen LogP contribution is 2.32. The van der Waals surface area contributed by atoms with Crippen LogP contribution in [0.1, 0.15) is 22.8 Å². The van der Waals surface area contributed by atoms with Crippen molar-refractivity contribution >= 4 is 15.9 Å². The van der Waals surface area contributed by atoms with Crippen LogP contribution >= 0.6 is 15.9 Å². The Hall–Kier alpha value is -1.40. The number of hydrogen-bond acceptors (Lipinski definition) is 1. The molecule has 2 rings (SSSR count). The van der Waals surface area contributed by atoms with E-state index in [1.54, 1.807) is 24.3 Å². The van der Waals surface area contributed by atoms with Gasteiger partial charge in [0.25, 0.3) is 0 Å². The number of halogens is 5. The van der Waals surface area contributed by atoms with Crippen molar-refractivity contribution in [1.82, 2.24) is 0 Å². The summed E-state index contributed by atoms with van der Waals surface area (Å²) in [6.45, 7) is 0. The lowest BCUT2D eigenvalue weighted by atomic mass is 9.99. The van der Waals surface area contributed by atoms with Gasteiger partial charge in [-0.25, -0.2) is 4.39 Å². The quantitative estimate of drug-likeness (QED) is 0.771. The van der Waals surface area contributed by atoms with Crippen LogP contribution < -0.4 is 0 Å². The van der Waals surface area contributed by atoms with Gasteiger partial charge in [-0.05, 0) is 35.9 Å². The van der Waals surface area contributed by atoms with E-state index in [9.17, 15) is 22.7 Å². The maximum absolute atomic E-state index is 13.6. The average molecular weight is 363 g/mol. The number of hydrogen-bond donors (Lipinski definition) is 1. The van der Waals surface area contributed by atoms with Gasteiger partial charge in [-0.3, -0.25) is 0 Å². The van der Waals surface area contributed by atoms with Crippen molar-refractivity contribution in [3.05, 3.63) is 69.4 Å². The van der Waals surface area contributed by atoms with Crippen molar-refractivity contribution < 1.29 is 22.7 Å². The lowest BCUT2D eigenvalue weighted by molar-refractivity contribution is -0.137. The van der Waals surface area contributed by atoms with Crippen LogP contribution in [0.15, 0.2) is 46.9 Å². The van der Waals surface area contributed by atoms with E-state index >= 15 is 0 Å². The third-order valence-electron chi connectivity index (χ3n) is 3.02. The summed E-state index contributed by atoms with van der Waals surface area (Å²) < 4.78 is 52.4. The standard InChI is InChI=1S/C15H11BrF4O/c16-11-4-1-9(2-5-11)7-14(21)12-8-10(15(18,19)20)3-6-13(12)17/h1-6,8,14,21H,7H2. The molecule has 0 fully saturated rings. The minimum absolute atomic E-state index is 0.0332. The summed E-state index contributed by atoms with van der Waals surface area (Å²) in [6, 6.07) is 8.93. The largest absolute Gasteiger partial charge is 0.416 e. The average Bonchev–Trinajstić information content (AvgIpc) is 2.40. The monoisotopic (exact) mass is 362 g/mol. The van der Waals surface area contributed by atoms with E-state index in [1.807, 2.05) is 0 Å². The van der Waals surface area contributed by atoms with E-state index in [1.165, 1.54) is 0 Å². The number of benzene rings is 2. The summed E-state index contributed by atoms with van der Waals surface area (Å²) in [7, 11) is 0. The number of alkyl halides is 3. The summed E-state index contributed by atoms with van der Waals surface area (Å²) in [5.41, 5.74) is -0.635. The van der Waals surface area contributed by atoms with Gasteiger partial charge in [-0.2, -0.15) is 13.2 Å². The molecule has 0 heterocycles. The minimum atomic E-state index is -4.57. The molecule has 0 amide bonds. The van der Waals surface area contributed by atoms with Gasteiger partial charge in [0.2, 0.25) is 0 Å². The molecule has 0 saturated heterocycles. The fourth-order valence-electron chi connectivity index (χ4n) is 1.93. The number of aliphatic hydroxyl groups excluding tert-OH is 1. The Balaban J connectivity index is 2.26. The zero-order chi connectivity index (χ0) is 15.6. The van der Waals surface area contributed by atoms with Crippen molar-refractivity contribution in [2.24, 2.45) is 0 Å². The molecule has 0 bridgehead atoms. The Labute approximate surface area is 127 Å². The van der Waals surface area contributed by atoms with E-state index in [4.69, 9.17) is 0 Å². The summed E-state index contributed by atoms with van der Waals surface area (Å²) in [5, 5.41) is 10.00.